The van der Waals surface area contributed by atoms with Gasteiger partial charge in [-0.2, -0.15) is 0 Å². The van der Waals surface area contributed by atoms with E-state index in [1.54, 1.807) is 12.1 Å². The first-order valence-corrected chi connectivity index (χ1v) is 7.33. The number of benzene rings is 1. The van der Waals surface area contributed by atoms with Gasteiger partial charge in [-0.15, -0.1) is 0 Å². The summed E-state index contributed by atoms with van der Waals surface area (Å²) in [5.74, 6) is 0. The molecule has 6 heteroatoms. The lowest BCUT2D eigenvalue weighted by Gasteiger charge is -2.14. The van der Waals surface area contributed by atoms with Crippen molar-refractivity contribution in [2.24, 2.45) is 0 Å². The third kappa shape index (κ3) is 7.13. The van der Waals surface area contributed by atoms with Crippen LogP contribution in [0.25, 0.3) is 0 Å². The SMILES string of the molecule is CCOCCOCC(O)CNc1ccc(Cl)cc1Br. The summed E-state index contributed by atoms with van der Waals surface area (Å²) in [5.41, 5.74) is 0.887. The molecule has 0 aliphatic rings. The minimum atomic E-state index is -0.566. The molecule has 0 saturated carbocycles. The number of anilines is 1. The number of aliphatic hydroxyl groups is 1. The van der Waals surface area contributed by atoms with E-state index in [0.717, 1.165) is 10.2 Å². The zero-order chi connectivity index (χ0) is 14.1. The first-order valence-electron chi connectivity index (χ1n) is 6.16. The molecule has 0 saturated heterocycles. The van der Waals surface area contributed by atoms with Crippen molar-refractivity contribution < 1.29 is 14.6 Å². The molecule has 1 unspecified atom stereocenters. The number of hydrogen-bond acceptors (Lipinski definition) is 4. The van der Waals surface area contributed by atoms with Crippen molar-refractivity contribution in [2.45, 2.75) is 13.0 Å². The summed E-state index contributed by atoms with van der Waals surface area (Å²) in [4.78, 5) is 0. The van der Waals surface area contributed by atoms with Crippen LogP contribution in [-0.2, 0) is 9.47 Å². The second-order valence-electron chi connectivity index (χ2n) is 3.93. The van der Waals surface area contributed by atoms with Gasteiger partial charge in [-0.25, -0.2) is 0 Å². The number of rotatable bonds is 9. The first kappa shape index (κ1) is 16.7. The van der Waals surface area contributed by atoms with Crippen LogP contribution in [0, 0.1) is 0 Å². The molecule has 0 amide bonds. The van der Waals surface area contributed by atoms with Gasteiger partial charge in [-0.1, -0.05) is 11.6 Å². The number of hydrogen-bond donors (Lipinski definition) is 2. The van der Waals surface area contributed by atoms with Crippen molar-refractivity contribution in [2.75, 3.05) is 38.3 Å². The lowest BCUT2D eigenvalue weighted by molar-refractivity contribution is 0.0103. The van der Waals surface area contributed by atoms with Crippen LogP contribution >= 0.6 is 27.5 Å². The summed E-state index contributed by atoms with van der Waals surface area (Å²) >= 11 is 9.25. The van der Waals surface area contributed by atoms with Gasteiger partial charge in [-0.3, -0.25) is 0 Å². The second-order valence-corrected chi connectivity index (χ2v) is 5.22. The Balaban J connectivity index is 2.20. The Morgan fingerprint density at radius 3 is 2.79 bits per heavy atom. The largest absolute Gasteiger partial charge is 0.389 e. The minimum Gasteiger partial charge on any atom is -0.389 e. The van der Waals surface area contributed by atoms with Crippen LogP contribution in [0.15, 0.2) is 22.7 Å². The fraction of sp³-hybridized carbons (Fsp3) is 0.538. The Labute approximate surface area is 127 Å². The molecule has 4 nitrogen and oxygen atoms in total. The lowest BCUT2D eigenvalue weighted by Crippen LogP contribution is -2.25. The fourth-order valence-electron chi connectivity index (χ4n) is 1.40. The predicted octanol–water partition coefficient (Wildman–Crippen LogP) is 2.93. The molecule has 1 rings (SSSR count). The molecular weight excluding hydrogens is 334 g/mol. The molecule has 0 aromatic heterocycles. The van der Waals surface area contributed by atoms with E-state index in [2.05, 4.69) is 21.2 Å². The zero-order valence-electron chi connectivity index (χ0n) is 10.9. The van der Waals surface area contributed by atoms with E-state index < -0.39 is 6.10 Å². The van der Waals surface area contributed by atoms with Crippen molar-refractivity contribution in [1.29, 1.82) is 0 Å². The molecule has 0 spiro atoms. The predicted molar refractivity (Wildman–Crippen MR) is 81.0 cm³/mol. The minimum absolute atomic E-state index is 0.283. The maximum atomic E-state index is 9.74. The average Bonchev–Trinajstić information content (AvgIpc) is 2.37. The van der Waals surface area contributed by atoms with Crippen molar-refractivity contribution in [3.63, 3.8) is 0 Å². The molecular formula is C13H19BrClNO3. The highest BCUT2D eigenvalue weighted by molar-refractivity contribution is 9.10. The standard InChI is InChI=1S/C13H19BrClNO3/c1-2-18-5-6-19-9-11(17)8-16-13-4-3-10(15)7-12(13)14/h3-4,7,11,16-17H,2,5-6,8-9H2,1H3. The van der Waals surface area contributed by atoms with E-state index >= 15 is 0 Å². The third-order valence-electron chi connectivity index (χ3n) is 2.35. The van der Waals surface area contributed by atoms with Gasteiger partial charge < -0.3 is 19.9 Å². The smallest absolute Gasteiger partial charge is 0.0945 e. The summed E-state index contributed by atoms with van der Waals surface area (Å²) in [7, 11) is 0. The van der Waals surface area contributed by atoms with Gasteiger partial charge in [0.05, 0.1) is 25.9 Å². The van der Waals surface area contributed by atoms with Gasteiger partial charge in [-0.05, 0) is 41.1 Å². The summed E-state index contributed by atoms with van der Waals surface area (Å²) in [6.45, 7) is 4.36. The van der Waals surface area contributed by atoms with Crippen LogP contribution in [0.5, 0.6) is 0 Å². The van der Waals surface area contributed by atoms with Crippen molar-refractivity contribution in [3.8, 4) is 0 Å². The second kappa shape index (κ2) is 9.55. The quantitative estimate of drug-likeness (QED) is 0.671. The zero-order valence-corrected chi connectivity index (χ0v) is 13.2. The van der Waals surface area contributed by atoms with Crippen molar-refractivity contribution >= 4 is 33.2 Å². The van der Waals surface area contributed by atoms with Gasteiger partial charge >= 0.3 is 0 Å². The molecule has 0 radical (unpaired) electrons. The Bertz CT molecular complexity index is 379. The van der Waals surface area contributed by atoms with Crippen LogP contribution in [-0.4, -0.2) is 44.2 Å². The van der Waals surface area contributed by atoms with E-state index in [1.807, 2.05) is 13.0 Å². The molecule has 0 fully saturated rings. The lowest BCUT2D eigenvalue weighted by atomic mass is 10.3. The molecule has 2 N–H and O–H groups in total. The van der Waals surface area contributed by atoms with Crippen LogP contribution in [0.2, 0.25) is 5.02 Å². The van der Waals surface area contributed by atoms with Crippen molar-refractivity contribution in [3.05, 3.63) is 27.7 Å². The molecule has 108 valence electrons. The fourth-order valence-corrected chi connectivity index (χ4v) is 2.22. The van der Waals surface area contributed by atoms with E-state index in [4.69, 9.17) is 21.1 Å². The van der Waals surface area contributed by atoms with Gasteiger partial charge in [0, 0.05) is 28.3 Å². The molecule has 1 aromatic carbocycles. The topological polar surface area (TPSA) is 50.7 Å². The summed E-state index contributed by atoms with van der Waals surface area (Å²) in [5, 5.41) is 13.5. The summed E-state index contributed by atoms with van der Waals surface area (Å²) in [6, 6.07) is 5.45. The molecule has 1 aromatic rings. The first-order chi connectivity index (χ1) is 9.13. The Morgan fingerprint density at radius 1 is 1.37 bits per heavy atom. The number of halogens is 2. The molecule has 19 heavy (non-hydrogen) atoms. The van der Waals surface area contributed by atoms with Gasteiger partial charge in [0.15, 0.2) is 0 Å². The average molecular weight is 353 g/mol. The van der Waals surface area contributed by atoms with Gasteiger partial charge in [0.25, 0.3) is 0 Å². The molecule has 0 heterocycles. The maximum Gasteiger partial charge on any atom is 0.0945 e. The molecule has 1 atom stereocenters. The monoisotopic (exact) mass is 351 g/mol. The maximum absolute atomic E-state index is 9.74. The number of ether oxygens (including phenoxy) is 2. The van der Waals surface area contributed by atoms with E-state index in [1.165, 1.54) is 0 Å². The highest BCUT2D eigenvalue weighted by atomic mass is 79.9. The Kier molecular flexibility index (Phi) is 8.41. The van der Waals surface area contributed by atoms with E-state index in [-0.39, 0.29) is 6.61 Å². The number of nitrogens with one attached hydrogen (secondary N) is 1. The summed E-state index contributed by atoms with van der Waals surface area (Å²) < 4.78 is 11.3. The van der Waals surface area contributed by atoms with Crippen LogP contribution in [0.3, 0.4) is 0 Å². The highest BCUT2D eigenvalue weighted by Gasteiger charge is 2.06. The van der Waals surface area contributed by atoms with Crippen LogP contribution < -0.4 is 5.32 Å². The molecule has 0 bridgehead atoms. The van der Waals surface area contributed by atoms with Crippen LogP contribution in [0.1, 0.15) is 6.92 Å². The Hall–Kier alpha value is -0.330. The van der Waals surface area contributed by atoms with Gasteiger partial charge in [0.1, 0.15) is 0 Å². The highest BCUT2D eigenvalue weighted by Crippen LogP contribution is 2.25. The molecule has 0 aliphatic heterocycles. The Morgan fingerprint density at radius 2 is 2.11 bits per heavy atom. The third-order valence-corrected chi connectivity index (χ3v) is 3.24. The van der Waals surface area contributed by atoms with E-state index in [9.17, 15) is 5.11 Å². The van der Waals surface area contributed by atoms with Crippen LogP contribution in [0.4, 0.5) is 5.69 Å². The van der Waals surface area contributed by atoms with Gasteiger partial charge in [0.2, 0.25) is 0 Å². The molecule has 0 aliphatic carbocycles. The van der Waals surface area contributed by atoms with E-state index in [0.29, 0.717) is 31.4 Å². The normalized spacial score (nSPS) is 12.4. The summed E-state index contributed by atoms with van der Waals surface area (Å²) in [6.07, 6.45) is -0.566. The van der Waals surface area contributed by atoms with Crippen molar-refractivity contribution in [1.82, 2.24) is 0 Å². The number of aliphatic hydroxyl groups excluding tert-OH is 1.